The minimum absolute atomic E-state index is 0.200. The van der Waals surface area contributed by atoms with Crippen LogP contribution in [0.25, 0.3) is 0 Å². The Bertz CT molecular complexity index is 599. The van der Waals surface area contributed by atoms with Crippen LogP contribution in [0, 0.1) is 0 Å². The number of nitrogens with zero attached hydrogens (tertiary/aromatic N) is 1. The number of nitrogens with two attached hydrogens (primary N) is 1. The summed E-state index contributed by atoms with van der Waals surface area (Å²) in [6.45, 7) is 1.87. The molecule has 104 valence electrons. The van der Waals surface area contributed by atoms with Gasteiger partial charge in [-0.2, -0.15) is 0 Å². The minimum atomic E-state index is -0.250. The van der Waals surface area contributed by atoms with E-state index in [1.54, 1.807) is 31.5 Å². The summed E-state index contributed by atoms with van der Waals surface area (Å²) in [4.78, 5) is 16.5. The van der Waals surface area contributed by atoms with Crippen LogP contribution in [0.5, 0.6) is 5.75 Å². The average Bonchev–Trinajstić information content (AvgIpc) is 2.48. The highest BCUT2D eigenvalue weighted by molar-refractivity contribution is 5.99. The Kier molecular flexibility index (Phi) is 4.20. The standard InChI is InChI=1S/C15H17N3O2/c1-10(14-5-3-4-8-17-14)18-15(19)12-9-11(20-2)6-7-13(12)16/h3-10H,16H2,1-2H3,(H,18,19)/t10-/m0/s1. The van der Waals surface area contributed by atoms with Gasteiger partial charge in [0, 0.05) is 11.9 Å². The largest absolute Gasteiger partial charge is 0.497 e. The van der Waals surface area contributed by atoms with Crippen LogP contribution in [-0.2, 0) is 0 Å². The molecule has 5 heteroatoms. The molecule has 0 aliphatic heterocycles. The first-order valence-corrected chi connectivity index (χ1v) is 6.27. The smallest absolute Gasteiger partial charge is 0.254 e. The maximum atomic E-state index is 12.2. The summed E-state index contributed by atoms with van der Waals surface area (Å²) in [6.07, 6.45) is 1.69. The fourth-order valence-electron chi connectivity index (χ4n) is 1.84. The van der Waals surface area contributed by atoms with Crippen molar-refractivity contribution >= 4 is 11.6 Å². The van der Waals surface area contributed by atoms with E-state index in [2.05, 4.69) is 10.3 Å². The fraction of sp³-hybridized carbons (Fsp3) is 0.200. The van der Waals surface area contributed by atoms with Gasteiger partial charge in [-0.1, -0.05) is 6.07 Å². The fourth-order valence-corrected chi connectivity index (χ4v) is 1.84. The number of ether oxygens (including phenoxy) is 1. The SMILES string of the molecule is COc1ccc(N)c(C(=O)N[C@@H](C)c2ccccn2)c1. The molecule has 0 aliphatic rings. The molecule has 5 nitrogen and oxygen atoms in total. The summed E-state index contributed by atoms with van der Waals surface area (Å²) < 4.78 is 5.10. The number of aromatic nitrogens is 1. The maximum Gasteiger partial charge on any atom is 0.254 e. The van der Waals surface area contributed by atoms with Crippen LogP contribution in [0.4, 0.5) is 5.69 Å². The van der Waals surface area contributed by atoms with E-state index in [4.69, 9.17) is 10.5 Å². The lowest BCUT2D eigenvalue weighted by Crippen LogP contribution is -2.27. The Morgan fingerprint density at radius 3 is 2.80 bits per heavy atom. The molecule has 1 aromatic carbocycles. The number of carbonyl (C=O) groups excluding carboxylic acids is 1. The summed E-state index contributed by atoms with van der Waals surface area (Å²) in [5.74, 6) is 0.342. The second-order valence-corrected chi connectivity index (χ2v) is 4.40. The van der Waals surface area contributed by atoms with E-state index in [9.17, 15) is 4.79 Å². The molecule has 1 aromatic heterocycles. The van der Waals surface area contributed by atoms with Crippen LogP contribution in [0.15, 0.2) is 42.6 Å². The van der Waals surface area contributed by atoms with E-state index in [1.807, 2.05) is 25.1 Å². The first kappa shape index (κ1) is 13.9. The number of benzene rings is 1. The second kappa shape index (κ2) is 6.06. The number of pyridine rings is 1. The van der Waals surface area contributed by atoms with Crippen molar-refractivity contribution in [2.45, 2.75) is 13.0 Å². The number of amides is 1. The monoisotopic (exact) mass is 271 g/mol. The van der Waals surface area contributed by atoms with Gasteiger partial charge < -0.3 is 15.8 Å². The molecule has 0 bridgehead atoms. The van der Waals surface area contributed by atoms with Crippen molar-refractivity contribution in [3.63, 3.8) is 0 Å². The van der Waals surface area contributed by atoms with Crippen LogP contribution in [0.1, 0.15) is 29.0 Å². The van der Waals surface area contributed by atoms with Gasteiger partial charge in [0.15, 0.2) is 0 Å². The second-order valence-electron chi connectivity index (χ2n) is 4.40. The van der Waals surface area contributed by atoms with Crippen molar-refractivity contribution in [3.05, 3.63) is 53.9 Å². The van der Waals surface area contributed by atoms with Crippen molar-refractivity contribution < 1.29 is 9.53 Å². The van der Waals surface area contributed by atoms with Crippen LogP contribution in [0.3, 0.4) is 0 Å². The third-order valence-corrected chi connectivity index (χ3v) is 2.98. The molecule has 1 atom stereocenters. The van der Waals surface area contributed by atoms with Gasteiger partial charge in [0.05, 0.1) is 24.4 Å². The van der Waals surface area contributed by atoms with Crippen molar-refractivity contribution in [2.75, 3.05) is 12.8 Å². The van der Waals surface area contributed by atoms with Gasteiger partial charge in [0.2, 0.25) is 0 Å². The lowest BCUT2D eigenvalue weighted by Gasteiger charge is -2.14. The molecule has 20 heavy (non-hydrogen) atoms. The highest BCUT2D eigenvalue weighted by Gasteiger charge is 2.15. The van der Waals surface area contributed by atoms with Gasteiger partial charge in [-0.15, -0.1) is 0 Å². The first-order chi connectivity index (χ1) is 9.61. The van der Waals surface area contributed by atoms with Gasteiger partial charge in [-0.25, -0.2) is 0 Å². The minimum Gasteiger partial charge on any atom is -0.497 e. The van der Waals surface area contributed by atoms with Gasteiger partial charge in [-0.3, -0.25) is 9.78 Å². The Balaban J connectivity index is 2.16. The Morgan fingerprint density at radius 2 is 2.15 bits per heavy atom. The summed E-state index contributed by atoms with van der Waals surface area (Å²) in [7, 11) is 1.55. The number of nitrogen functional groups attached to an aromatic ring is 1. The quantitative estimate of drug-likeness (QED) is 0.835. The third kappa shape index (κ3) is 3.06. The van der Waals surface area contributed by atoms with E-state index in [0.29, 0.717) is 17.0 Å². The highest BCUT2D eigenvalue weighted by Crippen LogP contribution is 2.20. The molecular formula is C15H17N3O2. The zero-order valence-corrected chi connectivity index (χ0v) is 11.5. The Hall–Kier alpha value is -2.56. The Morgan fingerprint density at radius 1 is 1.35 bits per heavy atom. The van der Waals surface area contributed by atoms with Gasteiger partial charge in [0.25, 0.3) is 5.91 Å². The summed E-state index contributed by atoms with van der Waals surface area (Å²) >= 11 is 0. The van der Waals surface area contributed by atoms with Crippen LogP contribution < -0.4 is 15.8 Å². The zero-order valence-electron chi connectivity index (χ0n) is 11.5. The summed E-state index contributed by atoms with van der Waals surface area (Å²) in [5, 5.41) is 2.87. The molecule has 0 fully saturated rings. The number of hydrogen-bond donors (Lipinski definition) is 2. The van der Waals surface area contributed by atoms with Gasteiger partial charge >= 0.3 is 0 Å². The van der Waals surface area contributed by atoms with Crippen LogP contribution in [0.2, 0.25) is 0 Å². The number of hydrogen-bond acceptors (Lipinski definition) is 4. The number of anilines is 1. The summed E-state index contributed by atoms with van der Waals surface area (Å²) in [5.41, 5.74) is 7.43. The predicted octanol–water partition coefficient (Wildman–Crippen LogP) is 2.16. The van der Waals surface area contributed by atoms with E-state index >= 15 is 0 Å². The molecule has 0 saturated heterocycles. The molecule has 2 aromatic rings. The molecule has 3 N–H and O–H groups in total. The molecule has 1 heterocycles. The molecular weight excluding hydrogens is 254 g/mol. The number of rotatable bonds is 4. The summed E-state index contributed by atoms with van der Waals surface area (Å²) in [6, 6.07) is 10.4. The number of nitrogens with one attached hydrogen (secondary N) is 1. The van der Waals surface area contributed by atoms with Crippen LogP contribution in [-0.4, -0.2) is 18.0 Å². The Labute approximate surface area is 117 Å². The molecule has 0 unspecified atom stereocenters. The lowest BCUT2D eigenvalue weighted by molar-refractivity contribution is 0.0939. The van der Waals surface area contributed by atoms with Crippen molar-refractivity contribution in [2.24, 2.45) is 0 Å². The van der Waals surface area contributed by atoms with E-state index < -0.39 is 0 Å². The van der Waals surface area contributed by atoms with Crippen molar-refractivity contribution in [1.29, 1.82) is 0 Å². The van der Waals surface area contributed by atoms with E-state index in [-0.39, 0.29) is 11.9 Å². The topological polar surface area (TPSA) is 77.2 Å². The van der Waals surface area contributed by atoms with Crippen molar-refractivity contribution in [1.82, 2.24) is 10.3 Å². The predicted molar refractivity (Wildman–Crippen MR) is 77.5 cm³/mol. The zero-order chi connectivity index (χ0) is 14.5. The third-order valence-electron chi connectivity index (χ3n) is 2.98. The maximum absolute atomic E-state index is 12.2. The molecule has 2 rings (SSSR count). The average molecular weight is 271 g/mol. The molecule has 0 spiro atoms. The van der Waals surface area contributed by atoms with Crippen LogP contribution >= 0.6 is 0 Å². The van der Waals surface area contributed by atoms with Gasteiger partial charge in [0.1, 0.15) is 5.75 Å². The first-order valence-electron chi connectivity index (χ1n) is 6.27. The molecule has 0 aliphatic carbocycles. The highest BCUT2D eigenvalue weighted by atomic mass is 16.5. The lowest BCUT2D eigenvalue weighted by atomic mass is 10.1. The van der Waals surface area contributed by atoms with E-state index in [0.717, 1.165) is 5.69 Å². The molecule has 0 saturated carbocycles. The normalized spacial score (nSPS) is 11.7. The number of carbonyl (C=O) groups is 1. The molecule has 0 radical (unpaired) electrons. The van der Waals surface area contributed by atoms with E-state index in [1.165, 1.54) is 0 Å². The van der Waals surface area contributed by atoms with Crippen molar-refractivity contribution in [3.8, 4) is 5.75 Å². The molecule has 1 amide bonds. The number of methoxy groups -OCH3 is 1. The van der Waals surface area contributed by atoms with Gasteiger partial charge in [-0.05, 0) is 37.3 Å².